The molecule has 0 spiro atoms. The molecule has 1 heterocycles. The van der Waals surface area contributed by atoms with Gasteiger partial charge in [0.05, 0.1) is 24.3 Å². The summed E-state index contributed by atoms with van der Waals surface area (Å²) in [4.78, 5) is 4.42. The molecule has 5 heteroatoms. The summed E-state index contributed by atoms with van der Waals surface area (Å²) >= 11 is 0. The average molecular weight is 270 g/mol. The summed E-state index contributed by atoms with van der Waals surface area (Å²) in [5.41, 5.74) is 1.36. The van der Waals surface area contributed by atoms with Crippen LogP contribution in [0.15, 0.2) is 24.3 Å². The van der Waals surface area contributed by atoms with Crippen molar-refractivity contribution in [2.75, 3.05) is 0 Å². The first-order valence-electron chi connectivity index (χ1n) is 6.78. The van der Waals surface area contributed by atoms with Gasteiger partial charge in [0.2, 0.25) is 0 Å². The van der Waals surface area contributed by atoms with Crippen LogP contribution in [0.1, 0.15) is 42.7 Å². The van der Waals surface area contributed by atoms with E-state index < -0.39 is 6.10 Å². The van der Waals surface area contributed by atoms with E-state index in [1.54, 1.807) is 28.9 Å². The van der Waals surface area contributed by atoms with Crippen LogP contribution in [-0.4, -0.2) is 19.9 Å². The average Bonchev–Trinajstić information content (AvgIpc) is 2.89. The first kappa shape index (κ1) is 14.2. The van der Waals surface area contributed by atoms with Gasteiger partial charge in [0.15, 0.2) is 5.82 Å². The van der Waals surface area contributed by atoms with Crippen molar-refractivity contribution < 1.29 is 5.11 Å². The number of hydrogen-bond donors (Lipinski definition) is 1. The summed E-state index contributed by atoms with van der Waals surface area (Å²) in [7, 11) is 0. The number of benzene rings is 1. The molecule has 0 radical (unpaired) electrons. The molecular weight excluding hydrogens is 252 g/mol. The summed E-state index contributed by atoms with van der Waals surface area (Å²) in [6.07, 6.45) is 0.916. The van der Waals surface area contributed by atoms with E-state index in [1.807, 2.05) is 13.8 Å². The van der Waals surface area contributed by atoms with Gasteiger partial charge in [0.25, 0.3) is 0 Å². The molecule has 0 aliphatic heterocycles. The molecule has 1 N–H and O–H groups in total. The fraction of sp³-hybridized carbons (Fsp3) is 0.400. The van der Waals surface area contributed by atoms with Gasteiger partial charge in [0.1, 0.15) is 5.82 Å². The Morgan fingerprint density at radius 1 is 1.25 bits per heavy atom. The normalized spacial score (nSPS) is 12.1. The van der Waals surface area contributed by atoms with Gasteiger partial charge < -0.3 is 5.11 Å². The van der Waals surface area contributed by atoms with Gasteiger partial charge in [-0.15, -0.1) is 0 Å². The zero-order valence-corrected chi connectivity index (χ0v) is 11.7. The lowest BCUT2D eigenvalue weighted by atomic mass is 10.1. The van der Waals surface area contributed by atoms with E-state index in [2.05, 4.69) is 16.2 Å². The first-order chi connectivity index (χ1) is 9.67. The number of aliphatic hydroxyl groups is 1. The number of aliphatic hydroxyl groups excluding tert-OH is 1. The molecule has 0 unspecified atom stereocenters. The molecule has 20 heavy (non-hydrogen) atoms. The lowest BCUT2D eigenvalue weighted by Gasteiger charge is -2.12. The summed E-state index contributed by atoms with van der Waals surface area (Å²) < 4.78 is 1.77. The van der Waals surface area contributed by atoms with Crippen molar-refractivity contribution in [1.29, 1.82) is 5.26 Å². The molecule has 2 aromatic rings. The Bertz CT molecular complexity index is 610. The van der Waals surface area contributed by atoms with Crippen molar-refractivity contribution in [1.82, 2.24) is 14.8 Å². The van der Waals surface area contributed by atoms with Crippen LogP contribution in [0, 0.1) is 11.3 Å². The standard InChI is InChI=1S/C15H18N4O/c1-3-14-17-15(4-2)19(18-14)10-13(20)12-7-5-11(9-16)6-8-12/h5-8,13,20H,3-4,10H2,1-2H3/t13-/m0/s1. The number of nitriles is 1. The fourth-order valence-electron chi connectivity index (χ4n) is 2.03. The molecule has 1 atom stereocenters. The van der Waals surface area contributed by atoms with Crippen molar-refractivity contribution in [3.05, 3.63) is 47.0 Å². The predicted molar refractivity (Wildman–Crippen MR) is 74.9 cm³/mol. The molecule has 2 rings (SSSR count). The van der Waals surface area contributed by atoms with Crippen LogP contribution in [-0.2, 0) is 19.4 Å². The SMILES string of the molecule is CCc1nc(CC)n(C[C@H](O)c2ccc(C#N)cc2)n1. The first-order valence-corrected chi connectivity index (χ1v) is 6.78. The van der Waals surface area contributed by atoms with E-state index in [1.165, 1.54) is 0 Å². The van der Waals surface area contributed by atoms with Crippen LogP contribution in [0.25, 0.3) is 0 Å². The molecule has 0 amide bonds. The third kappa shape index (κ3) is 3.03. The molecule has 0 bridgehead atoms. The van der Waals surface area contributed by atoms with Gasteiger partial charge in [-0.3, -0.25) is 0 Å². The van der Waals surface area contributed by atoms with Crippen molar-refractivity contribution in [2.45, 2.75) is 39.3 Å². The minimum atomic E-state index is -0.653. The summed E-state index contributed by atoms with van der Waals surface area (Å²) in [5, 5.41) is 23.4. The summed E-state index contributed by atoms with van der Waals surface area (Å²) in [6, 6.07) is 9.02. The Balaban J connectivity index is 2.16. The largest absolute Gasteiger partial charge is 0.386 e. The monoisotopic (exact) mass is 270 g/mol. The third-order valence-corrected chi connectivity index (χ3v) is 3.20. The highest BCUT2D eigenvalue weighted by molar-refractivity contribution is 5.32. The summed E-state index contributed by atoms with van der Waals surface area (Å²) in [5.74, 6) is 1.68. The zero-order valence-electron chi connectivity index (χ0n) is 11.7. The molecule has 0 aliphatic rings. The second kappa shape index (κ2) is 6.31. The highest BCUT2D eigenvalue weighted by Gasteiger charge is 2.13. The Kier molecular flexibility index (Phi) is 4.49. The Hall–Kier alpha value is -2.19. The molecule has 0 saturated heterocycles. The van der Waals surface area contributed by atoms with Crippen LogP contribution in [0.2, 0.25) is 0 Å². The van der Waals surface area contributed by atoms with Crippen molar-refractivity contribution in [2.24, 2.45) is 0 Å². The van der Waals surface area contributed by atoms with E-state index in [-0.39, 0.29) is 0 Å². The van der Waals surface area contributed by atoms with E-state index in [4.69, 9.17) is 5.26 Å². The van der Waals surface area contributed by atoms with Gasteiger partial charge in [0, 0.05) is 12.8 Å². The van der Waals surface area contributed by atoms with Gasteiger partial charge in [-0.25, -0.2) is 9.67 Å². The molecule has 0 fully saturated rings. The lowest BCUT2D eigenvalue weighted by Crippen LogP contribution is -2.13. The number of aromatic nitrogens is 3. The van der Waals surface area contributed by atoms with Gasteiger partial charge in [-0.05, 0) is 17.7 Å². The Morgan fingerprint density at radius 2 is 1.95 bits per heavy atom. The van der Waals surface area contributed by atoms with E-state index in [0.717, 1.165) is 30.1 Å². The highest BCUT2D eigenvalue weighted by Crippen LogP contribution is 2.16. The molecule has 1 aromatic heterocycles. The fourth-order valence-corrected chi connectivity index (χ4v) is 2.03. The maximum atomic E-state index is 10.3. The van der Waals surface area contributed by atoms with Gasteiger partial charge >= 0.3 is 0 Å². The van der Waals surface area contributed by atoms with Crippen LogP contribution < -0.4 is 0 Å². The zero-order chi connectivity index (χ0) is 14.5. The van der Waals surface area contributed by atoms with E-state index in [9.17, 15) is 5.11 Å². The lowest BCUT2D eigenvalue weighted by molar-refractivity contribution is 0.150. The smallest absolute Gasteiger partial charge is 0.150 e. The Labute approximate surface area is 118 Å². The molecule has 1 aromatic carbocycles. The van der Waals surface area contributed by atoms with Crippen LogP contribution >= 0.6 is 0 Å². The van der Waals surface area contributed by atoms with E-state index >= 15 is 0 Å². The molecular formula is C15H18N4O. The summed E-state index contributed by atoms with van der Waals surface area (Å²) in [6.45, 7) is 4.41. The quantitative estimate of drug-likeness (QED) is 0.901. The van der Waals surface area contributed by atoms with Crippen LogP contribution in [0.4, 0.5) is 0 Å². The van der Waals surface area contributed by atoms with Gasteiger partial charge in [-0.2, -0.15) is 10.4 Å². The number of aryl methyl sites for hydroxylation is 2. The highest BCUT2D eigenvalue weighted by atomic mass is 16.3. The van der Waals surface area contributed by atoms with Crippen molar-refractivity contribution in [3.8, 4) is 6.07 Å². The van der Waals surface area contributed by atoms with Crippen molar-refractivity contribution in [3.63, 3.8) is 0 Å². The maximum absolute atomic E-state index is 10.3. The molecule has 5 nitrogen and oxygen atoms in total. The Morgan fingerprint density at radius 3 is 2.50 bits per heavy atom. The van der Waals surface area contributed by atoms with Crippen LogP contribution in [0.5, 0.6) is 0 Å². The van der Waals surface area contributed by atoms with Gasteiger partial charge in [-0.1, -0.05) is 26.0 Å². The minimum Gasteiger partial charge on any atom is -0.386 e. The molecule has 0 saturated carbocycles. The van der Waals surface area contributed by atoms with E-state index in [0.29, 0.717) is 12.1 Å². The third-order valence-electron chi connectivity index (χ3n) is 3.20. The molecule has 0 aliphatic carbocycles. The number of rotatable bonds is 5. The number of hydrogen-bond acceptors (Lipinski definition) is 4. The maximum Gasteiger partial charge on any atom is 0.150 e. The minimum absolute atomic E-state index is 0.377. The topological polar surface area (TPSA) is 74.7 Å². The van der Waals surface area contributed by atoms with Crippen LogP contribution in [0.3, 0.4) is 0 Å². The second-order valence-corrected chi connectivity index (χ2v) is 4.58. The number of nitrogens with zero attached hydrogens (tertiary/aromatic N) is 4. The predicted octanol–water partition coefficient (Wildman–Crippen LogP) is 2.01. The molecule has 104 valence electrons. The van der Waals surface area contributed by atoms with Crippen molar-refractivity contribution >= 4 is 0 Å². The second-order valence-electron chi connectivity index (χ2n) is 4.58.